The van der Waals surface area contributed by atoms with Gasteiger partial charge in [0.25, 0.3) is 5.91 Å². The first-order valence-electron chi connectivity index (χ1n) is 12.1. The first kappa shape index (κ1) is 23.2. The van der Waals surface area contributed by atoms with Gasteiger partial charge in [0.1, 0.15) is 24.0 Å². The molecule has 36 heavy (non-hydrogen) atoms. The Hall–Kier alpha value is -4.56. The largest absolute Gasteiger partial charge is 0.489 e. The molecule has 1 saturated heterocycles. The Morgan fingerprint density at radius 3 is 2.25 bits per heavy atom. The number of nitriles is 1. The molecule has 1 fully saturated rings. The van der Waals surface area contributed by atoms with Crippen molar-refractivity contribution in [1.82, 2.24) is 4.90 Å². The van der Waals surface area contributed by atoms with Crippen LogP contribution in [0.5, 0.6) is 5.75 Å². The highest BCUT2D eigenvalue weighted by atomic mass is 16.5. The Morgan fingerprint density at radius 2 is 1.53 bits per heavy atom. The number of piperazine rings is 1. The third-order valence-corrected chi connectivity index (χ3v) is 6.45. The van der Waals surface area contributed by atoms with Gasteiger partial charge in [-0.05, 0) is 58.3 Å². The summed E-state index contributed by atoms with van der Waals surface area (Å²) >= 11 is 0. The maximum atomic E-state index is 13.0. The number of amides is 1. The molecule has 1 amide bonds. The molecule has 5 heteroatoms. The predicted octanol–water partition coefficient (Wildman–Crippen LogP) is 5.67. The molecule has 0 saturated carbocycles. The maximum Gasteiger partial charge on any atom is 0.264 e. The average molecular weight is 474 g/mol. The summed E-state index contributed by atoms with van der Waals surface area (Å²) in [6, 6.07) is 34.3. The fraction of sp³-hybridized carbons (Fsp3) is 0.161. The zero-order chi connectivity index (χ0) is 24.7. The maximum absolute atomic E-state index is 13.0. The second-order valence-corrected chi connectivity index (χ2v) is 8.82. The van der Waals surface area contributed by atoms with E-state index in [9.17, 15) is 10.1 Å². The quantitative estimate of drug-likeness (QED) is 0.267. The highest BCUT2D eigenvalue weighted by Crippen LogP contribution is 2.20. The van der Waals surface area contributed by atoms with E-state index < -0.39 is 0 Å². The number of nitrogens with zero attached hydrogens (tertiary/aromatic N) is 3. The van der Waals surface area contributed by atoms with Crippen molar-refractivity contribution in [1.29, 1.82) is 5.26 Å². The lowest BCUT2D eigenvalue weighted by Gasteiger charge is -2.36. The van der Waals surface area contributed by atoms with Crippen LogP contribution in [0, 0.1) is 11.3 Å². The minimum Gasteiger partial charge on any atom is -0.489 e. The summed E-state index contributed by atoms with van der Waals surface area (Å²) in [4.78, 5) is 17.0. The molecule has 0 atom stereocenters. The first-order valence-corrected chi connectivity index (χ1v) is 12.1. The Balaban J connectivity index is 1.18. The van der Waals surface area contributed by atoms with E-state index in [2.05, 4.69) is 53.4 Å². The predicted molar refractivity (Wildman–Crippen MR) is 144 cm³/mol. The zero-order valence-corrected chi connectivity index (χ0v) is 20.0. The number of ether oxygens (including phenoxy) is 1. The first-order chi connectivity index (χ1) is 17.7. The van der Waals surface area contributed by atoms with Gasteiger partial charge in [0, 0.05) is 31.9 Å². The number of hydrogen-bond donors (Lipinski definition) is 0. The molecule has 178 valence electrons. The molecule has 0 spiro atoms. The minimum atomic E-state index is -0.221. The van der Waals surface area contributed by atoms with Crippen LogP contribution < -0.4 is 9.64 Å². The summed E-state index contributed by atoms with van der Waals surface area (Å²) in [5, 5.41) is 12.1. The molecule has 4 aromatic carbocycles. The van der Waals surface area contributed by atoms with Crippen LogP contribution >= 0.6 is 0 Å². The Morgan fingerprint density at radius 1 is 0.833 bits per heavy atom. The third-order valence-electron chi connectivity index (χ3n) is 6.45. The van der Waals surface area contributed by atoms with Crippen LogP contribution in [0.3, 0.4) is 0 Å². The fourth-order valence-electron chi connectivity index (χ4n) is 4.44. The van der Waals surface area contributed by atoms with E-state index in [0.717, 1.165) is 35.7 Å². The van der Waals surface area contributed by atoms with E-state index in [1.165, 1.54) is 10.8 Å². The molecular formula is C31H27N3O2. The monoisotopic (exact) mass is 473 g/mol. The van der Waals surface area contributed by atoms with Crippen molar-refractivity contribution in [2.24, 2.45) is 0 Å². The lowest BCUT2D eigenvalue weighted by Crippen LogP contribution is -2.49. The Labute approximate surface area is 211 Å². The van der Waals surface area contributed by atoms with Gasteiger partial charge < -0.3 is 14.5 Å². The van der Waals surface area contributed by atoms with E-state index in [-0.39, 0.29) is 11.5 Å². The molecular weight excluding hydrogens is 446 g/mol. The van der Waals surface area contributed by atoms with Crippen molar-refractivity contribution < 1.29 is 9.53 Å². The normalized spacial score (nSPS) is 13.9. The number of para-hydroxylation sites is 1. The van der Waals surface area contributed by atoms with E-state index in [1.807, 2.05) is 54.6 Å². The van der Waals surface area contributed by atoms with Gasteiger partial charge in [0.15, 0.2) is 0 Å². The topological polar surface area (TPSA) is 56.6 Å². The van der Waals surface area contributed by atoms with Crippen molar-refractivity contribution in [2.45, 2.75) is 6.61 Å². The number of fused-ring (bicyclic) bond motifs is 1. The molecule has 0 aromatic heterocycles. The molecule has 1 aliphatic heterocycles. The second-order valence-electron chi connectivity index (χ2n) is 8.82. The van der Waals surface area contributed by atoms with Gasteiger partial charge in [-0.15, -0.1) is 0 Å². The molecule has 0 aliphatic carbocycles. The van der Waals surface area contributed by atoms with Crippen molar-refractivity contribution >= 4 is 28.4 Å². The van der Waals surface area contributed by atoms with Crippen LogP contribution in [0.2, 0.25) is 0 Å². The number of carbonyl (C=O) groups excluding carboxylic acids is 1. The van der Waals surface area contributed by atoms with Crippen LogP contribution in [0.15, 0.2) is 103 Å². The Kier molecular flexibility index (Phi) is 6.95. The Bertz CT molecular complexity index is 1410. The number of rotatable bonds is 6. The van der Waals surface area contributed by atoms with E-state index in [1.54, 1.807) is 11.0 Å². The highest BCUT2D eigenvalue weighted by Gasteiger charge is 2.23. The summed E-state index contributed by atoms with van der Waals surface area (Å²) in [6.45, 7) is 3.15. The zero-order valence-electron chi connectivity index (χ0n) is 20.0. The summed E-state index contributed by atoms with van der Waals surface area (Å²) in [7, 11) is 0. The van der Waals surface area contributed by atoms with Crippen molar-refractivity contribution in [3.63, 3.8) is 0 Å². The highest BCUT2D eigenvalue weighted by molar-refractivity contribution is 6.01. The molecule has 5 rings (SSSR count). The van der Waals surface area contributed by atoms with Crippen LogP contribution in [0.4, 0.5) is 5.69 Å². The molecule has 0 N–H and O–H groups in total. The van der Waals surface area contributed by atoms with Crippen molar-refractivity contribution in [2.75, 3.05) is 31.1 Å². The standard InChI is InChI=1S/C31H27N3O2/c32-22-28(31(35)34-18-16-33(17-19-34)29-8-2-1-3-9-29)20-24-11-14-30(15-12-24)36-23-25-10-13-26-6-4-5-7-27(26)21-25/h1-15,20-21H,16-19,23H2/b28-20-. The van der Waals surface area contributed by atoms with Gasteiger partial charge in [-0.1, -0.05) is 66.7 Å². The molecule has 0 bridgehead atoms. The van der Waals surface area contributed by atoms with Gasteiger partial charge in [-0.3, -0.25) is 4.79 Å². The number of anilines is 1. The second kappa shape index (κ2) is 10.8. The van der Waals surface area contributed by atoms with Gasteiger partial charge >= 0.3 is 0 Å². The lowest BCUT2D eigenvalue weighted by atomic mass is 10.1. The summed E-state index contributed by atoms with van der Waals surface area (Å²) < 4.78 is 5.95. The molecule has 4 aromatic rings. The minimum absolute atomic E-state index is 0.146. The van der Waals surface area contributed by atoms with E-state index >= 15 is 0 Å². The fourth-order valence-corrected chi connectivity index (χ4v) is 4.44. The third kappa shape index (κ3) is 5.39. The molecule has 0 radical (unpaired) electrons. The average Bonchev–Trinajstić information content (AvgIpc) is 2.95. The van der Waals surface area contributed by atoms with Crippen LogP contribution in [-0.4, -0.2) is 37.0 Å². The van der Waals surface area contributed by atoms with Crippen molar-refractivity contribution in [3.05, 3.63) is 114 Å². The van der Waals surface area contributed by atoms with Crippen LogP contribution in [-0.2, 0) is 11.4 Å². The number of benzene rings is 4. The van der Waals surface area contributed by atoms with Crippen LogP contribution in [0.1, 0.15) is 11.1 Å². The SMILES string of the molecule is N#C/C(=C/c1ccc(OCc2ccc3ccccc3c2)cc1)C(=O)N1CCN(c2ccccc2)CC1. The molecule has 0 unspecified atom stereocenters. The summed E-state index contributed by atoms with van der Waals surface area (Å²) in [5.41, 5.74) is 3.19. The van der Waals surface area contributed by atoms with Crippen molar-refractivity contribution in [3.8, 4) is 11.8 Å². The number of carbonyl (C=O) groups is 1. The van der Waals surface area contributed by atoms with Gasteiger partial charge in [0.05, 0.1) is 0 Å². The number of hydrogen-bond acceptors (Lipinski definition) is 4. The van der Waals surface area contributed by atoms with E-state index in [4.69, 9.17) is 4.74 Å². The van der Waals surface area contributed by atoms with Gasteiger partial charge in [0.2, 0.25) is 0 Å². The van der Waals surface area contributed by atoms with Crippen LogP contribution in [0.25, 0.3) is 16.8 Å². The smallest absolute Gasteiger partial charge is 0.264 e. The molecule has 1 aliphatic rings. The summed E-state index contributed by atoms with van der Waals surface area (Å²) in [5.74, 6) is 0.518. The van der Waals surface area contributed by atoms with Gasteiger partial charge in [-0.25, -0.2) is 0 Å². The molecule has 1 heterocycles. The lowest BCUT2D eigenvalue weighted by molar-refractivity contribution is -0.126. The van der Waals surface area contributed by atoms with Gasteiger partial charge in [-0.2, -0.15) is 5.26 Å². The molecule has 5 nitrogen and oxygen atoms in total. The summed E-state index contributed by atoms with van der Waals surface area (Å²) in [6.07, 6.45) is 1.65. The van der Waals surface area contributed by atoms with E-state index in [0.29, 0.717) is 19.7 Å².